The number of urea groups is 1. The number of aliphatic hydroxyl groups is 1. The zero-order chi connectivity index (χ0) is 17.4. The van der Waals surface area contributed by atoms with Gasteiger partial charge in [0.05, 0.1) is 18.7 Å². The normalized spacial score (nSPS) is 22.2. The van der Waals surface area contributed by atoms with Gasteiger partial charge in [0.15, 0.2) is 5.82 Å². The van der Waals surface area contributed by atoms with Crippen LogP contribution < -0.4 is 5.32 Å². The molecule has 25 heavy (non-hydrogen) atoms. The average Bonchev–Trinajstić information content (AvgIpc) is 3.03. The highest BCUT2D eigenvalue weighted by Gasteiger charge is 2.33. The Labute approximate surface area is 146 Å². The molecule has 4 rings (SSSR count). The third-order valence-electron chi connectivity index (χ3n) is 5.29. The molecule has 1 aromatic heterocycles. The fourth-order valence-corrected chi connectivity index (χ4v) is 3.97. The van der Waals surface area contributed by atoms with Crippen molar-refractivity contribution in [2.24, 2.45) is 0 Å². The number of nitrogens with one attached hydrogen (secondary N) is 1. The van der Waals surface area contributed by atoms with Gasteiger partial charge in [0, 0.05) is 13.1 Å². The van der Waals surface area contributed by atoms with Crippen molar-refractivity contribution in [2.75, 3.05) is 13.2 Å². The summed E-state index contributed by atoms with van der Waals surface area (Å²) < 4.78 is 2.07. The van der Waals surface area contributed by atoms with E-state index in [9.17, 15) is 9.90 Å². The van der Waals surface area contributed by atoms with E-state index in [1.807, 2.05) is 25.1 Å². The van der Waals surface area contributed by atoms with Crippen molar-refractivity contribution in [1.29, 1.82) is 0 Å². The monoisotopic (exact) mass is 341 g/mol. The lowest BCUT2D eigenvalue weighted by atomic mass is 9.93. The zero-order valence-electron chi connectivity index (χ0n) is 14.4. The van der Waals surface area contributed by atoms with Crippen LogP contribution >= 0.6 is 0 Å². The fourth-order valence-electron chi connectivity index (χ4n) is 3.97. The highest BCUT2D eigenvalue weighted by molar-refractivity contribution is 5.75. The number of carbonyl (C=O) groups is 1. The van der Waals surface area contributed by atoms with Gasteiger partial charge < -0.3 is 19.9 Å². The molecule has 2 N–H and O–H groups in total. The van der Waals surface area contributed by atoms with Gasteiger partial charge in [0.1, 0.15) is 5.82 Å². The predicted molar refractivity (Wildman–Crippen MR) is 91.9 cm³/mol. The Kier molecular flexibility index (Phi) is 4.17. The van der Waals surface area contributed by atoms with Crippen LogP contribution in [0.3, 0.4) is 0 Å². The first-order valence-corrected chi connectivity index (χ1v) is 8.84. The van der Waals surface area contributed by atoms with Crippen molar-refractivity contribution in [3.63, 3.8) is 0 Å². The van der Waals surface area contributed by atoms with E-state index < -0.39 is 0 Å². The lowest BCUT2D eigenvalue weighted by molar-refractivity contribution is 0.123. The average molecular weight is 341 g/mol. The van der Waals surface area contributed by atoms with Gasteiger partial charge in [0.25, 0.3) is 0 Å². The molecule has 7 heteroatoms. The van der Waals surface area contributed by atoms with Crippen LogP contribution in [0.15, 0.2) is 24.3 Å². The van der Waals surface area contributed by atoms with E-state index in [-0.39, 0.29) is 24.7 Å². The minimum Gasteiger partial charge on any atom is -0.394 e. The maximum Gasteiger partial charge on any atom is 0.318 e. The second-order valence-corrected chi connectivity index (χ2v) is 6.74. The number of rotatable bonds is 2. The molecule has 0 fully saturated rings. The number of carbonyl (C=O) groups excluding carboxylic acids is 1. The SMILES string of the molecule is Cc1nnc2n1CCCC2NC(=O)N1CCc2ccccc2C1CO. The smallest absolute Gasteiger partial charge is 0.318 e. The molecule has 0 spiro atoms. The molecule has 2 atom stereocenters. The summed E-state index contributed by atoms with van der Waals surface area (Å²) in [5.74, 6) is 1.71. The number of amides is 2. The van der Waals surface area contributed by atoms with Crippen molar-refractivity contribution >= 4 is 6.03 Å². The van der Waals surface area contributed by atoms with Crippen molar-refractivity contribution in [3.8, 4) is 0 Å². The Bertz CT molecular complexity index is 788. The van der Waals surface area contributed by atoms with Gasteiger partial charge in [-0.3, -0.25) is 0 Å². The van der Waals surface area contributed by atoms with Crippen LogP contribution in [0.2, 0.25) is 0 Å². The van der Waals surface area contributed by atoms with Crippen molar-refractivity contribution in [2.45, 2.75) is 44.8 Å². The quantitative estimate of drug-likeness (QED) is 0.871. The molecule has 0 saturated heterocycles. The summed E-state index contributed by atoms with van der Waals surface area (Å²) in [6, 6.07) is 7.45. The third-order valence-corrected chi connectivity index (χ3v) is 5.29. The van der Waals surface area contributed by atoms with Crippen LogP contribution in [-0.2, 0) is 13.0 Å². The summed E-state index contributed by atoms with van der Waals surface area (Å²) in [4.78, 5) is 14.6. The molecule has 7 nitrogen and oxygen atoms in total. The van der Waals surface area contributed by atoms with Gasteiger partial charge in [-0.1, -0.05) is 24.3 Å². The lowest BCUT2D eigenvalue weighted by Gasteiger charge is -2.37. The molecule has 0 radical (unpaired) electrons. The number of aliphatic hydroxyl groups excluding tert-OH is 1. The molecule has 0 saturated carbocycles. The van der Waals surface area contributed by atoms with Crippen molar-refractivity contribution in [3.05, 3.63) is 47.0 Å². The third kappa shape index (κ3) is 2.78. The van der Waals surface area contributed by atoms with Crippen LogP contribution in [0.25, 0.3) is 0 Å². The van der Waals surface area contributed by atoms with Crippen molar-refractivity contribution in [1.82, 2.24) is 25.0 Å². The maximum absolute atomic E-state index is 12.9. The van der Waals surface area contributed by atoms with Gasteiger partial charge in [-0.15, -0.1) is 10.2 Å². The minimum absolute atomic E-state index is 0.0790. The summed E-state index contributed by atoms with van der Waals surface area (Å²) in [5, 5.41) is 21.4. The van der Waals surface area contributed by atoms with E-state index >= 15 is 0 Å². The first kappa shape index (κ1) is 16.1. The van der Waals surface area contributed by atoms with Gasteiger partial charge in [-0.2, -0.15) is 0 Å². The highest BCUT2D eigenvalue weighted by atomic mass is 16.3. The summed E-state index contributed by atoms with van der Waals surface area (Å²) in [5.41, 5.74) is 2.24. The highest BCUT2D eigenvalue weighted by Crippen LogP contribution is 2.30. The van der Waals surface area contributed by atoms with E-state index in [1.54, 1.807) is 4.90 Å². The van der Waals surface area contributed by atoms with E-state index in [0.29, 0.717) is 6.54 Å². The fraction of sp³-hybridized carbons (Fsp3) is 0.500. The van der Waals surface area contributed by atoms with Crippen LogP contribution in [0.1, 0.15) is 47.7 Å². The number of aromatic nitrogens is 3. The summed E-state index contributed by atoms with van der Waals surface area (Å²) in [7, 11) is 0. The number of nitrogens with zero attached hydrogens (tertiary/aromatic N) is 4. The molecule has 2 aromatic rings. The molecule has 0 aliphatic carbocycles. The second-order valence-electron chi connectivity index (χ2n) is 6.74. The molecule has 132 valence electrons. The molecule has 1 aromatic carbocycles. The first-order chi connectivity index (χ1) is 12.2. The largest absolute Gasteiger partial charge is 0.394 e. The Balaban J connectivity index is 1.54. The van der Waals surface area contributed by atoms with E-state index in [1.165, 1.54) is 5.56 Å². The molecule has 2 amide bonds. The number of fused-ring (bicyclic) bond motifs is 2. The summed E-state index contributed by atoms with van der Waals surface area (Å²) in [6.07, 6.45) is 2.65. The zero-order valence-corrected chi connectivity index (χ0v) is 14.4. The number of hydrogen-bond acceptors (Lipinski definition) is 4. The summed E-state index contributed by atoms with van der Waals surface area (Å²) in [6.45, 7) is 3.36. The standard InChI is InChI=1S/C18H23N5O2/c1-12-20-21-17-15(7-4-9-22(12)17)19-18(25)23-10-8-13-5-2-3-6-14(13)16(23)11-24/h2-3,5-6,15-16,24H,4,7-11H2,1H3,(H,19,25). The Morgan fingerprint density at radius 2 is 2.16 bits per heavy atom. The topological polar surface area (TPSA) is 83.3 Å². The number of benzene rings is 1. The van der Waals surface area contributed by atoms with Crippen LogP contribution in [0, 0.1) is 6.92 Å². The second kappa shape index (κ2) is 6.48. The first-order valence-electron chi connectivity index (χ1n) is 8.84. The summed E-state index contributed by atoms with van der Waals surface area (Å²) >= 11 is 0. The van der Waals surface area contributed by atoms with Crippen LogP contribution in [0.5, 0.6) is 0 Å². The predicted octanol–water partition coefficient (Wildman–Crippen LogP) is 1.72. The van der Waals surface area contributed by atoms with Gasteiger partial charge in [-0.25, -0.2) is 4.79 Å². The van der Waals surface area contributed by atoms with Crippen LogP contribution in [0.4, 0.5) is 4.79 Å². The maximum atomic E-state index is 12.9. The van der Waals surface area contributed by atoms with E-state index in [4.69, 9.17) is 0 Å². The lowest BCUT2D eigenvalue weighted by Crippen LogP contribution is -2.48. The van der Waals surface area contributed by atoms with Crippen LogP contribution in [-0.4, -0.2) is 44.0 Å². The van der Waals surface area contributed by atoms with Crippen molar-refractivity contribution < 1.29 is 9.90 Å². The van der Waals surface area contributed by atoms with Gasteiger partial charge >= 0.3 is 6.03 Å². The van der Waals surface area contributed by atoms with E-state index in [2.05, 4.69) is 26.1 Å². The Morgan fingerprint density at radius 3 is 3.00 bits per heavy atom. The molecule has 3 heterocycles. The Morgan fingerprint density at radius 1 is 1.32 bits per heavy atom. The minimum atomic E-state index is -0.298. The van der Waals surface area contributed by atoms with Gasteiger partial charge in [-0.05, 0) is 37.3 Å². The Hall–Kier alpha value is -2.41. The number of aryl methyl sites for hydroxylation is 1. The van der Waals surface area contributed by atoms with Gasteiger partial charge in [0.2, 0.25) is 0 Å². The molecule has 2 aliphatic rings. The van der Waals surface area contributed by atoms with E-state index in [0.717, 1.165) is 43.0 Å². The number of hydrogen-bond donors (Lipinski definition) is 2. The molecular formula is C18H23N5O2. The molecular weight excluding hydrogens is 318 g/mol. The molecule has 2 aliphatic heterocycles. The molecule has 2 unspecified atom stereocenters. The molecule has 0 bridgehead atoms.